The van der Waals surface area contributed by atoms with Crippen LogP contribution in [-0.2, 0) is 26.5 Å². The number of rotatable bonds is 4. The summed E-state index contributed by atoms with van der Waals surface area (Å²) in [5.74, 6) is 0. The maximum Gasteiger partial charge on any atom is 0.128 e. The van der Waals surface area contributed by atoms with Gasteiger partial charge in [-0.25, -0.2) is 0 Å². The molecule has 8 aromatic rings. The molecule has 251 valence electrons. The summed E-state index contributed by atoms with van der Waals surface area (Å²) in [5.41, 5.74) is 13.4. The number of furan rings is 1. The van der Waals surface area contributed by atoms with E-state index in [2.05, 4.69) is 123 Å². The number of benzene rings is 4. The van der Waals surface area contributed by atoms with E-state index < -0.39 is 0 Å². The standard InChI is InChI=1S/C25H28N.C20H11N2O.Ir/c1-17-7-10-22(24-13-18(2)19(3)16-26-24)14-23(17)21-11-8-20(9-12-21)15-25(4,5)6;1-2-10-22-18(6-1)17-5-3-4-15-16-8-7-13-12-21-11-9-14(13)19(16)23-20(15)17;/h7-9,11-14,16H,15H2,1-6H3;1-4,6-12H;/q2*-1;. The Morgan fingerprint density at radius 1 is 0.680 bits per heavy atom. The summed E-state index contributed by atoms with van der Waals surface area (Å²) in [6.07, 6.45) is 8.46. The Morgan fingerprint density at radius 2 is 1.48 bits per heavy atom. The molecule has 0 saturated heterocycles. The molecule has 0 aliphatic carbocycles. The fraction of sp³-hybridized carbons (Fsp3) is 0.178. The molecule has 4 aromatic heterocycles. The fourth-order valence-electron chi connectivity index (χ4n) is 6.28. The third kappa shape index (κ3) is 7.31. The predicted molar refractivity (Wildman–Crippen MR) is 202 cm³/mol. The van der Waals surface area contributed by atoms with Crippen LogP contribution in [0.15, 0.2) is 120 Å². The molecular weight excluding hydrogens is 791 g/mol. The SMILES string of the molecule is Cc1cnc(-c2[c-]cc(C)c(-c3ccc(CC(C)(C)C)cc3)c2)cc1C.[Ir].[c-]1ccc2c(oc3c4ccncc4ccc23)c1-c1ccccn1. The fourth-order valence-corrected chi connectivity index (χ4v) is 6.28. The van der Waals surface area contributed by atoms with Crippen molar-refractivity contribution in [2.24, 2.45) is 5.41 Å². The smallest absolute Gasteiger partial charge is 0.128 e. The van der Waals surface area contributed by atoms with Crippen molar-refractivity contribution in [2.75, 3.05) is 0 Å². The van der Waals surface area contributed by atoms with Crippen LogP contribution >= 0.6 is 0 Å². The summed E-state index contributed by atoms with van der Waals surface area (Å²) in [6.45, 7) is 13.2. The van der Waals surface area contributed by atoms with Crippen molar-refractivity contribution in [1.82, 2.24) is 15.0 Å². The van der Waals surface area contributed by atoms with Crippen LogP contribution in [0.3, 0.4) is 0 Å². The second-order valence-corrected chi connectivity index (χ2v) is 14.0. The monoisotopic (exact) mass is 830 g/mol. The van der Waals surface area contributed by atoms with E-state index in [9.17, 15) is 0 Å². The molecule has 5 heteroatoms. The van der Waals surface area contributed by atoms with Gasteiger partial charge in [0.1, 0.15) is 5.58 Å². The quantitative estimate of drug-likeness (QED) is 0.166. The topological polar surface area (TPSA) is 51.8 Å². The molecule has 8 rings (SSSR count). The van der Waals surface area contributed by atoms with Crippen LogP contribution in [0.25, 0.3) is 66.4 Å². The van der Waals surface area contributed by atoms with Gasteiger partial charge in [0.05, 0.1) is 5.58 Å². The zero-order chi connectivity index (χ0) is 34.1. The molecule has 0 fully saturated rings. The number of hydrogen-bond donors (Lipinski definition) is 0. The van der Waals surface area contributed by atoms with Crippen molar-refractivity contribution in [3.8, 4) is 33.6 Å². The van der Waals surface area contributed by atoms with Gasteiger partial charge in [-0.2, -0.15) is 0 Å². The van der Waals surface area contributed by atoms with E-state index in [0.29, 0.717) is 5.41 Å². The maximum atomic E-state index is 6.25. The van der Waals surface area contributed by atoms with Crippen molar-refractivity contribution in [1.29, 1.82) is 0 Å². The predicted octanol–water partition coefficient (Wildman–Crippen LogP) is 11.7. The molecule has 0 amide bonds. The average Bonchev–Trinajstić information content (AvgIpc) is 3.50. The molecule has 0 spiro atoms. The molecule has 0 N–H and O–H groups in total. The largest absolute Gasteiger partial charge is 0.500 e. The first-order valence-corrected chi connectivity index (χ1v) is 16.7. The zero-order valence-corrected chi connectivity index (χ0v) is 31.7. The number of fused-ring (bicyclic) bond motifs is 5. The minimum absolute atomic E-state index is 0. The Labute approximate surface area is 308 Å². The van der Waals surface area contributed by atoms with Crippen molar-refractivity contribution in [3.05, 3.63) is 150 Å². The molecule has 0 bridgehead atoms. The van der Waals surface area contributed by atoms with Crippen LogP contribution in [-0.4, -0.2) is 15.0 Å². The Hall–Kier alpha value is -4.96. The van der Waals surface area contributed by atoms with E-state index in [1.54, 1.807) is 12.4 Å². The second kappa shape index (κ2) is 14.5. The molecule has 0 aliphatic heterocycles. The average molecular weight is 830 g/mol. The number of hydrogen-bond acceptors (Lipinski definition) is 4. The third-order valence-electron chi connectivity index (χ3n) is 8.94. The normalized spacial score (nSPS) is 11.3. The minimum Gasteiger partial charge on any atom is -0.500 e. The number of aromatic nitrogens is 3. The first-order valence-electron chi connectivity index (χ1n) is 16.7. The molecule has 0 aliphatic rings. The van der Waals surface area contributed by atoms with Crippen molar-refractivity contribution >= 4 is 32.7 Å². The molecule has 0 saturated carbocycles. The van der Waals surface area contributed by atoms with Gasteiger partial charge in [0, 0.05) is 61.1 Å². The van der Waals surface area contributed by atoms with Crippen LogP contribution in [0.5, 0.6) is 0 Å². The van der Waals surface area contributed by atoms with Gasteiger partial charge in [-0.1, -0.05) is 104 Å². The van der Waals surface area contributed by atoms with Crippen LogP contribution < -0.4 is 0 Å². The molecule has 4 heterocycles. The summed E-state index contributed by atoms with van der Waals surface area (Å²) in [6, 6.07) is 38.1. The van der Waals surface area contributed by atoms with E-state index >= 15 is 0 Å². The van der Waals surface area contributed by atoms with Gasteiger partial charge in [-0.3, -0.25) is 4.98 Å². The summed E-state index contributed by atoms with van der Waals surface area (Å²) in [5, 5.41) is 4.33. The van der Waals surface area contributed by atoms with Gasteiger partial charge in [0.25, 0.3) is 0 Å². The first-order chi connectivity index (χ1) is 23.6. The number of aryl methyl sites for hydroxylation is 3. The Kier molecular flexibility index (Phi) is 10.1. The molecular formula is C45H39IrN3O-2. The summed E-state index contributed by atoms with van der Waals surface area (Å²) in [7, 11) is 0. The van der Waals surface area contributed by atoms with E-state index in [1.807, 2.05) is 48.8 Å². The van der Waals surface area contributed by atoms with Crippen molar-refractivity contribution < 1.29 is 24.5 Å². The van der Waals surface area contributed by atoms with Gasteiger partial charge < -0.3 is 14.4 Å². The van der Waals surface area contributed by atoms with Gasteiger partial charge in [-0.05, 0) is 65.9 Å². The van der Waals surface area contributed by atoms with Crippen molar-refractivity contribution in [2.45, 2.75) is 48.0 Å². The molecule has 0 unspecified atom stereocenters. The van der Waals surface area contributed by atoms with Gasteiger partial charge in [0.15, 0.2) is 0 Å². The summed E-state index contributed by atoms with van der Waals surface area (Å²) in [4.78, 5) is 13.2. The molecule has 1 radical (unpaired) electrons. The van der Waals surface area contributed by atoms with E-state index in [-0.39, 0.29) is 20.1 Å². The van der Waals surface area contributed by atoms with E-state index in [4.69, 9.17) is 4.42 Å². The third-order valence-corrected chi connectivity index (χ3v) is 8.94. The van der Waals surface area contributed by atoms with Gasteiger partial charge in [0.2, 0.25) is 0 Å². The van der Waals surface area contributed by atoms with Crippen LogP contribution in [0, 0.1) is 38.3 Å². The van der Waals surface area contributed by atoms with Gasteiger partial charge >= 0.3 is 0 Å². The molecule has 4 nitrogen and oxygen atoms in total. The van der Waals surface area contributed by atoms with E-state index in [1.165, 1.54) is 33.4 Å². The maximum absolute atomic E-state index is 6.25. The Morgan fingerprint density at radius 3 is 2.22 bits per heavy atom. The first kappa shape index (κ1) is 34.9. The molecule has 4 aromatic carbocycles. The van der Waals surface area contributed by atoms with Crippen LogP contribution in [0.4, 0.5) is 0 Å². The summed E-state index contributed by atoms with van der Waals surface area (Å²) >= 11 is 0. The summed E-state index contributed by atoms with van der Waals surface area (Å²) < 4.78 is 6.25. The zero-order valence-electron chi connectivity index (χ0n) is 29.3. The molecule has 50 heavy (non-hydrogen) atoms. The van der Waals surface area contributed by atoms with Crippen LogP contribution in [0.1, 0.15) is 43.0 Å². The van der Waals surface area contributed by atoms with Crippen molar-refractivity contribution in [3.63, 3.8) is 0 Å². The number of nitrogens with zero attached hydrogens (tertiary/aromatic N) is 3. The van der Waals surface area contributed by atoms with Gasteiger partial charge in [-0.15, -0.1) is 47.5 Å². The molecule has 0 atom stereocenters. The number of pyridine rings is 3. The second-order valence-electron chi connectivity index (χ2n) is 14.0. The minimum atomic E-state index is 0. The van der Waals surface area contributed by atoms with E-state index in [0.717, 1.165) is 61.6 Å². The Bertz CT molecular complexity index is 2420. The van der Waals surface area contributed by atoms with Crippen LogP contribution in [0.2, 0.25) is 0 Å². The Balaban J connectivity index is 0.000000170.